The molecule has 156 valence electrons. The maximum Gasteiger partial charge on any atom is 0.257 e. The number of amides is 1. The second kappa shape index (κ2) is 8.61. The van der Waals surface area contributed by atoms with E-state index in [1.165, 1.54) is 0 Å². The molecule has 1 atom stereocenters. The lowest BCUT2D eigenvalue weighted by Gasteiger charge is -2.33. The molecule has 1 saturated heterocycles. The summed E-state index contributed by atoms with van der Waals surface area (Å²) in [5, 5.41) is 4.80. The standard InChI is InChI=1S/C24H27N3O3/c1-17-9-7-8-14-26(17)24(28)21-16-27(18-10-5-4-6-11-18)25-23(21)20-13-12-19(29-2)15-22(20)30-3/h4-6,10-13,15-17H,7-9,14H2,1-3H3. The van der Waals surface area contributed by atoms with Crippen LogP contribution in [0, 0.1) is 0 Å². The Morgan fingerprint density at radius 3 is 2.57 bits per heavy atom. The van der Waals surface area contributed by atoms with Crippen molar-refractivity contribution in [3.05, 3.63) is 60.3 Å². The largest absolute Gasteiger partial charge is 0.497 e. The van der Waals surface area contributed by atoms with Gasteiger partial charge < -0.3 is 14.4 Å². The van der Waals surface area contributed by atoms with Crippen LogP contribution in [0.2, 0.25) is 0 Å². The van der Waals surface area contributed by atoms with Gasteiger partial charge in [-0.3, -0.25) is 4.79 Å². The van der Waals surface area contributed by atoms with E-state index in [9.17, 15) is 4.79 Å². The first-order chi connectivity index (χ1) is 14.6. The number of benzene rings is 2. The van der Waals surface area contributed by atoms with Crippen molar-refractivity contribution in [1.82, 2.24) is 14.7 Å². The molecule has 0 aliphatic carbocycles. The van der Waals surface area contributed by atoms with Gasteiger partial charge >= 0.3 is 0 Å². The van der Waals surface area contributed by atoms with Gasteiger partial charge in [0.05, 0.1) is 25.5 Å². The van der Waals surface area contributed by atoms with E-state index in [-0.39, 0.29) is 11.9 Å². The average molecular weight is 405 g/mol. The molecule has 0 bridgehead atoms. The predicted molar refractivity (Wildman–Crippen MR) is 116 cm³/mol. The zero-order chi connectivity index (χ0) is 21.1. The Kier molecular flexibility index (Phi) is 5.74. The molecule has 0 saturated carbocycles. The van der Waals surface area contributed by atoms with Gasteiger partial charge in [0, 0.05) is 30.4 Å². The topological polar surface area (TPSA) is 56.6 Å². The number of likely N-dealkylation sites (tertiary alicyclic amines) is 1. The minimum absolute atomic E-state index is 0.0113. The molecule has 6 heteroatoms. The molecule has 0 radical (unpaired) electrons. The molecule has 0 spiro atoms. The van der Waals surface area contributed by atoms with Gasteiger partial charge in [0.1, 0.15) is 17.2 Å². The molecule has 6 nitrogen and oxygen atoms in total. The number of para-hydroxylation sites is 1. The van der Waals surface area contributed by atoms with Crippen LogP contribution in [0.1, 0.15) is 36.5 Å². The molecule has 1 aromatic heterocycles. The molecule has 30 heavy (non-hydrogen) atoms. The average Bonchev–Trinajstić information content (AvgIpc) is 3.24. The highest BCUT2D eigenvalue weighted by Crippen LogP contribution is 2.35. The highest BCUT2D eigenvalue weighted by Gasteiger charge is 2.29. The summed E-state index contributed by atoms with van der Waals surface area (Å²) in [6.45, 7) is 2.89. The lowest BCUT2D eigenvalue weighted by Crippen LogP contribution is -2.42. The molecular weight excluding hydrogens is 378 g/mol. The van der Waals surface area contributed by atoms with Gasteiger partial charge in [-0.1, -0.05) is 18.2 Å². The molecule has 1 amide bonds. The number of hydrogen-bond donors (Lipinski definition) is 0. The van der Waals surface area contributed by atoms with Crippen molar-refractivity contribution in [3.8, 4) is 28.4 Å². The minimum atomic E-state index is 0.0113. The number of carbonyl (C=O) groups is 1. The van der Waals surface area contributed by atoms with Crippen molar-refractivity contribution in [2.75, 3.05) is 20.8 Å². The zero-order valence-electron chi connectivity index (χ0n) is 17.7. The number of ether oxygens (including phenoxy) is 2. The first kappa shape index (κ1) is 20.0. The second-order valence-electron chi connectivity index (χ2n) is 7.58. The molecule has 4 rings (SSSR count). The summed E-state index contributed by atoms with van der Waals surface area (Å²) < 4.78 is 12.7. The number of rotatable bonds is 5. The Hall–Kier alpha value is -3.28. The second-order valence-corrected chi connectivity index (χ2v) is 7.58. The van der Waals surface area contributed by atoms with Crippen LogP contribution >= 0.6 is 0 Å². The smallest absolute Gasteiger partial charge is 0.257 e. The molecular formula is C24H27N3O3. The van der Waals surface area contributed by atoms with Gasteiger partial charge in [-0.25, -0.2) is 4.68 Å². The van der Waals surface area contributed by atoms with Crippen molar-refractivity contribution < 1.29 is 14.3 Å². The van der Waals surface area contributed by atoms with Gasteiger partial charge in [-0.2, -0.15) is 5.10 Å². The number of methoxy groups -OCH3 is 2. The number of piperidine rings is 1. The normalized spacial score (nSPS) is 16.4. The van der Waals surface area contributed by atoms with E-state index in [1.54, 1.807) is 18.9 Å². The SMILES string of the molecule is COc1ccc(-c2nn(-c3ccccc3)cc2C(=O)N2CCCCC2C)c(OC)c1. The van der Waals surface area contributed by atoms with E-state index >= 15 is 0 Å². The number of aromatic nitrogens is 2. The highest BCUT2D eigenvalue weighted by molar-refractivity contribution is 6.00. The summed E-state index contributed by atoms with van der Waals surface area (Å²) in [7, 11) is 3.23. The summed E-state index contributed by atoms with van der Waals surface area (Å²) >= 11 is 0. The number of hydrogen-bond acceptors (Lipinski definition) is 4. The fourth-order valence-electron chi connectivity index (χ4n) is 3.99. The maximum absolute atomic E-state index is 13.6. The maximum atomic E-state index is 13.6. The van der Waals surface area contributed by atoms with Crippen molar-refractivity contribution in [3.63, 3.8) is 0 Å². The minimum Gasteiger partial charge on any atom is -0.497 e. The van der Waals surface area contributed by atoms with Gasteiger partial charge in [-0.05, 0) is 50.5 Å². The third-order valence-electron chi connectivity index (χ3n) is 5.69. The van der Waals surface area contributed by atoms with Crippen LogP contribution in [0.5, 0.6) is 11.5 Å². The molecule has 0 N–H and O–H groups in total. The molecule has 2 heterocycles. The Morgan fingerprint density at radius 1 is 1.07 bits per heavy atom. The molecule has 1 aliphatic heterocycles. The zero-order valence-corrected chi connectivity index (χ0v) is 17.7. The summed E-state index contributed by atoms with van der Waals surface area (Å²) in [6.07, 6.45) is 5.05. The van der Waals surface area contributed by atoms with Crippen molar-refractivity contribution >= 4 is 5.91 Å². The van der Waals surface area contributed by atoms with E-state index in [2.05, 4.69) is 6.92 Å². The van der Waals surface area contributed by atoms with Gasteiger partial charge in [-0.15, -0.1) is 0 Å². The number of carbonyl (C=O) groups excluding carboxylic acids is 1. The Labute approximate surface area is 177 Å². The Bertz CT molecular complexity index is 1030. The quantitative estimate of drug-likeness (QED) is 0.624. The molecule has 1 fully saturated rings. The van der Waals surface area contributed by atoms with Crippen LogP contribution in [-0.4, -0.2) is 47.4 Å². The van der Waals surface area contributed by atoms with Gasteiger partial charge in [0.15, 0.2) is 0 Å². The lowest BCUT2D eigenvalue weighted by atomic mass is 10.0. The molecule has 2 aromatic carbocycles. The first-order valence-corrected chi connectivity index (χ1v) is 10.3. The first-order valence-electron chi connectivity index (χ1n) is 10.3. The third kappa shape index (κ3) is 3.77. The molecule has 1 aliphatic rings. The molecule has 3 aromatic rings. The van der Waals surface area contributed by atoms with E-state index in [0.29, 0.717) is 22.8 Å². The van der Waals surface area contributed by atoms with E-state index in [0.717, 1.165) is 37.1 Å². The molecule has 1 unspecified atom stereocenters. The summed E-state index contributed by atoms with van der Waals surface area (Å²) in [5.41, 5.74) is 2.86. The predicted octanol–water partition coefficient (Wildman–Crippen LogP) is 4.57. The Morgan fingerprint density at radius 2 is 1.87 bits per heavy atom. The fourth-order valence-corrected chi connectivity index (χ4v) is 3.99. The highest BCUT2D eigenvalue weighted by atomic mass is 16.5. The monoisotopic (exact) mass is 405 g/mol. The third-order valence-corrected chi connectivity index (χ3v) is 5.69. The van der Waals surface area contributed by atoms with Crippen LogP contribution in [0.15, 0.2) is 54.7 Å². The van der Waals surface area contributed by atoms with Crippen LogP contribution < -0.4 is 9.47 Å². The van der Waals surface area contributed by atoms with E-state index in [4.69, 9.17) is 14.6 Å². The van der Waals surface area contributed by atoms with Crippen molar-refractivity contribution in [1.29, 1.82) is 0 Å². The van der Waals surface area contributed by atoms with Crippen molar-refractivity contribution in [2.45, 2.75) is 32.2 Å². The summed E-state index contributed by atoms with van der Waals surface area (Å²) in [4.78, 5) is 15.5. The van der Waals surface area contributed by atoms with Gasteiger partial charge in [0.25, 0.3) is 5.91 Å². The number of nitrogens with zero attached hydrogens (tertiary/aromatic N) is 3. The van der Waals surface area contributed by atoms with Crippen LogP contribution in [0.25, 0.3) is 16.9 Å². The summed E-state index contributed by atoms with van der Waals surface area (Å²) in [6, 6.07) is 15.6. The van der Waals surface area contributed by atoms with E-state index in [1.807, 2.05) is 59.6 Å². The van der Waals surface area contributed by atoms with Crippen molar-refractivity contribution in [2.24, 2.45) is 0 Å². The van der Waals surface area contributed by atoms with Crippen LogP contribution in [0.3, 0.4) is 0 Å². The summed E-state index contributed by atoms with van der Waals surface area (Å²) in [5.74, 6) is 1.32. The lowest BCUT2D eigenvalue weighted by molar-refractivity contribution is 0.0636. The van der Waals surface area contributed by atoms with E-state index < -0.39 is 0 Å². The Balaban J connectivity index is 1.84. The van der Waals surface area contributed by atoms with Gasteiger partial charge in [0.2, 0.25) is 0 Å². The van der Waals surface area contributed by atoms with Crippen LogP contribution in [0.4, 0.5) is 0 Å². The van der Waals surface area contributed by atoms with Crippen LogP contribution in [-0.2, 0) is 0 Å². The fraction of sp³-hybridized carbons (Fsp3) is 0.333.